The zero-order valence-electron chi connectivity index (χ0n) is 14.9. The Bertz CT molecular complexity index is 625. The van der Waals surface area contributed by atoms with E-state index >= 15 is 0 Å². The van der Waals surface area contributed by atoms with Gasteiger partial charge < -0.3 is 10.2 Å². The van der Waals surface area contributed by atoms with Gasteiger partial charge in [0, 0.05) is 12.1 Å². The van der Waals surface area contributed by atoms with Crippen LogP contribution in [0.3, 0.4) is 0 Å². The Morgan fingerprint density at radius 2 is 1.69 bits per heavy atom. The smallest absolute Gasteiger partial charge is 0.247 e. The van der Waals surface area contributed by atoms with Gasteiger partial charge in [-0.15, -0.1) is 11.6 Å². The molecule has 0 radical (unpaired) electrons. The second-order valence-electron chi connectivity index (χ2n) is 7.32. The van der Waals surface area contributed by atoms with E-state index in [2.05, 4.69) is 5.32 Å². The lowest BCUT2D eigenvalue weighted by molar-refractivity contribution is -0.140. The molecule has 1 aromatic rings. The molecule has 2 aliphatic carbocycles. The molecule has 0 heterocycles. The molecule has 6 heteroatoms. The van der Waals surface area contributed by atoms with Gasteiger partial charge in [-0.1, -0.05) is 37.8 Å². The molecule has 0 aromatic heterocycles. The largest absolute Gasteiger partial charge is 0.351 e. The Morgan fingerprint density at radius 1 is 1.08 bits per heavy atom. The van der Waals surface area contributed by atoms with Crippen LogP contribution in [-0.4, -0.2) is 34.7 Å². The van der Waals surface area contributed by atoms with E-state index < -0.39 is 6.04 Å². The molecular formula is C20H26ClFN2O2. The molecule has 1 aromatic carbocycles. The van der Waals surface area contributed by atoms with Crippen LogP contribution < -0.4 is 5.32 Å². The maximum Gasteiger partial charge on any atom is 0.247 e. The van der Waals surface area contributed by atoms with E-state index in [4.69, 9.17) is 11.6 Å². The first-order chi connectivity index (χ1) is 12.6. The number of benzene rings is 1. The lowest BCUT2D eigenvalue weighted by Gasteiger charge is -2.32. The number of rotatable bonds is 6. The summed E-state index contributed by atoms with van der Waals surface area (Å²) in [5, 5.41) is 3.14. The van der Waals surface area contributed by atoms with E-state index in [1.165, 1.54) is 25.0 Å². The van der Waals surface area contributed by atoms with Gasteiger partial charge in [0.1, 0.15) is 17.7 Å². The van der Waals surface area contributed by atoms with Gasteiger partial charge in [0.05, 0.1) is 0 Å². The molecule has 0 aliphatic heterocycles. The Morgan fingerprint density at radius 3 is 2.23 bits per heavy atom. The van der Waals surface area contributed by atoms with Crippen molar-refractivity contribution in [1.29, 1.82) is 0 Å². The summed E-state index contributed by atoms with van der Waals surface area (Å²) in [6.07, 6.45) is 8.30. The van der Waals surface area contributed by atoms with Crippen molar-refractivity contribution in [3.05, 3.63) is 35.6 Å². The van der Waals surface area contributed by atoms with Crippen LogP contribution in [0.25, 0.3) is 0 Å². The van der Waals surface area contributed by atoms with Crippen molar-refractivity contribution in [3.63, 3.8) is 0 Å². The first-order valence-electron chi connectivity index (χ1n) is 9.53. The van der Waals surface area contributed by atoms with Crippen molar-refractivity contribution >= 4 is 23.4 Å². The summed E-state index contributed by atoms with van der Waals surface area (Å²) in [4.78, 5) is 27.2. The Hall–Kier alpha value is -1.62. The van der Waals surface area contributed by atoms with Crippen LogP contribution in [0.4, 0.5) is 4.39 Å². The van der Waals surface area contributed by atoms with E-state index in [9.17, 15) is 14.0 Å². The third-order valence-electron chi connectivity index (χ3n) is 5.26. The summed E-state index contributed by atoms with van der Waals surface area (Å²) in [5.74, 6) is -0.961. The van der Waals surface area contributed by atoms with Crippen molar-refractivity contribution in [1.82, 2.24) is 10.2 Å². The van der Waals surface area contributed by atoms with Crippen molar-refractivity contribution in [2.24, 2.45) is 0 Å². The van der Waals surface area contributed by atoms with Crippen molar-refractivity contribution in [3.8, 4) is 0 Å². The molecule has 142 valence electrons. The topological polar surface area (TPSA) is 49.4 Å². The maximum absolute atomic E-state index is 13.4. The molecule has 0 unspecified atom stereocenters. The average molecular weight is 381 g/mol. The number of amides is 2. The van der Waals surface area contributed by atoms with Crippen LogP contribution in [0.5, 0.6) is 0 Å². The van der Waals surface area contributed by atoms with Crippen LogP contribution in [0.1, 0.15) is 63.0 Å². The zero-order chi connectivity index (χ0) is 18.5. The number of halogens is 2. The van der Waals surface area contributed by atoms with E-state index in [0.29, 0.717) is 5.56 Å². The van der Waals surface area contributed by atoms with E-state index in [1.54, 1.807) is 17.0 Å². The molecule has 3 rings (SSSR count). The number of nitrogens with one attached hydrogen (secondary N) is 1. The molecule has 2 aliphatic rings. The normalized spacial score (nSPS) is 19.5. The zero-order valence-corrected chi connectivity index (χ0v) is 15.7. The summed E-state index contributed by atoms with van der Waals surface area (Å²) in [5.41, 5.74) is 0.628. The molecule has 1 N–H and O–H groups in total. The molecule has 2 saturated carbocycles. The molecule has 0 spiro atoms. The minimum Gasteiger partial charge on any atom is -0.351 e. The highest BCUT2D eigenvalue weighted by Gasteiger charge is 2.41. The first-order valence-corrected chi connectivity index (χ1v) is 10.1. The standard InChI is InChI=1S/C20H26ClFN2O2/c21-13-18(25)24(17-11-12-17)19(14-7-9-15(22)10-8-14)20(26)23-16-5-3-1-2-4-6-16/h7-10,16-17,19H,1-6,11-13H2,(H,23,26)/t19-/m1/s1. The van der Waals surface area contributed by atoms with Gasteiger partial charge in [-0.3, -0.25) is 9.59 Å². The van der Waals surface area contributed by atoms with E-state index in [1.807, 2.05) is 0 Å². The quantitative estimate of drug-likeness (QED) is 0.600. The monoisotopic (exact) mass is 380 g/mol. The highest BCUT2D eigenvalue weighted by molar-refractivity contribution is 6.27. The summed E-state index contributed by atoms with van der Waals surface area (Å²) in [6.45, 7) is 0. The van der Waals surface area contributed by atoms with Gasteiger partial charge in [0.15, 0.2) is 0 Å². The highest BCUT2D eigenvalue weighted by Crippen LogP contribution is 2.35. The highest BCUT2D eigenvalue weighted by atomic mass is 35.5. The molecule has 2 amide bonds. The number of carbonyl (C=O) groups excluding carboxylic acids is 2. The Kier molecular flexibility index (Phi) is 6.52. The molecule has 0 bridgehead atoms. The Balaban J connectivity index is 1.84. The fraction of sp³-hybridized carbons (Fsp3) is 0.600. The number of hydrogen-bond donors (Lipinski definition) is 1. The van der Waals surface area contributed by atoms with Crippen LogP contribution in [0.15, 0.2) is 24.3 Å². The second kappa shape index (κ2) is 8.85. The molecular weight excluding hydrogens is 355 g/mol. The van der Waals surface area contributed by atoms with Gasteiger partial charge >= 0.3 is 0 Å². The van der Waals surface area contributed by atoms with Gasteiger partial charge in [-0.2, -0.15) is 0 Å². The molecule has 26 heavy (non-hydrogen) atoms. The lowest BCUT2D eigenvalue weighted by Crippen LogP contribution is -2.47. The SMILES string of the molecule is O=C(NC1CCCCCC1)[C@@H](c1ccc(F)cc1)N(C(=O)CCl)C1CC1. The van der Waals surface area contributed by atoms with Gasteiger partial charge in [0.2, 0.25) is 11.8 Å². The minimum absolute atomic E-state index is 0.0381. The van der Waals surface area contributed by atoms with E-state index in [-0.39, 0.29) is 35.6 Å². The molecule has 0 saturated heterocycles. The van der Waals surface area contributed by atoms with Crippen molar-refractivity contribution < 1.29 is 14.0 Å². The van der Waals surface area contributed by atoms with E-state index in [0.717, 1.165) is 38.5 Å². The number of carbonyl (C=O) groups is 2. The van der Waals surface area contributed by atoms with Gasteiger partial charge in [0.25, 0.3) is 0 Å². The lowest BCUT2D eigenvalue weighted by atomic mass is 10.0. The van der Waals surface area contributed by atoms with Gasteiger partial charge in [-0.05, 0) is 43.4 Å². The van der Waals surface area contributed by atoms with Crippen LogP contribution in [0, 0.1) is 5.82 Å². The predicted molar refractivity (Wildman–Crippen MR) is 99.4 cm³/mol. The van der Waals surface area contributed by atoms with Crippen LogP contribution >= 0.6 is 11.6 Å². The predicted octanol–water partition coefficient (Wildman–Crippen LogP) is 3.94. The average Bonchev–Trinajstić information content (AvgIpc) is 3.48. The fourth-order valence-corrected chi connectivity index (χ4v) is 3.91. The third-order valence-corrected chi connectivity index (χ3v) is 5.49. The summed E-state index contributed by atoms with van der Waals surface area (Å²) in [7, 11) is 0. The molecule has 1 atom stereocenters. The van der Waals surface area contributed by atoms with Crippen molar-refractivity contribution in [2.75, 3.05) is 5.88 Å². The van der Waals surface area contributed by atoms with Crippen LogP contribution in [-0.2, 0) is 9.59 Å². The second-order valence-corrected chi connectivity index (χ2v) is 7.58. The summed E-state index contributed by atoms with van der Waals surface area (Å²) in [6, 6.07) is 5.26. The van der Waals surface area contributed by atoms with Crippen molar-refractivity contribution in [2.45, 2.75) is 69.5 Å². The third kappa shape index (κ3) is 4.76. The number of nitrogens with zero attached hydrogens (tertiary/aromatic N) is 1. The molecule has 2 fully saturated rings. The fourth-order valence-electron chi connectivity index (χ4n) is 3.77. The summed E-state index contributed by atoms with van der Waals surface area (Å²) >= 11 is 5.81. The minimum atomic E-state index is -0.752. The maximum atomic E-state index is 13.4. The number of hydrogen-bond acceptors (Lipinski definition) is 2. The number of alkyl halides is 1. The van der Waals surface area contributed by atoms with Gasteiger partial charge in [-0.25, -0.2) is 4.39 Å². The van der Waals surface area contributed by atoms with Crippen LogP contribution in [0.2, 0.25) is 0 Å². The molecule has 4 nitrogen and oxygen atoms in total. The first kappa shape index (κ1) is 19.2. The summed E-state index contributed by atoms with van der Waals surface area (Å²) < 4.78 is 13.4. The Labute approximate surface area is 159 Å².